The summed E-state index contributed by atoms with van der Waals surface area (Å²) in [7, 11) is 0. The molecular formula is C22H19N3O6. The van der Waals surface area contributed by atoms with E-state index < -0.39 is 18.0 Å². The number of carboxylic acid groups (broad SMARTS) is 1. The minimum atomic E-state index is -1.03. The van der Waals surface area contributed by atoms with Gasteiger partial charge in [0.2, 0.25) is 5.88 Å². The molecule has 0 spiro atoms. The van der Waals surface area contributed by atoms with Crippen LogP contribution in [0.4, 0.5) is 10.7 Å². The van der Waals surface area contributed by atoms with Crippen molar-refractivity contribution in [1.29, 1.82) is 0 Å². The van der Waals surface area contributed by atoms with Gasteiger partial charge in [0.25, 0.3) is 5.91 Å². The van der Waals surface area contributed by atoms with Gasteiger partial charge in [0, 0.05) is 18.5 Å². The molecule has 31 heavy (non-hydrogen) atoms. The Kier molecular flexibility index (Phi) is 5.65. The monoisotopic (exact) mass is 421 g/mol. The van der Waals surface area contributed by atoms with E-state index in [2.05, 4.69) is 15.8 Å². The molecule has 2 aromatic carbocycles. The Bertz CT molecular complexity index is 1090. The number of hydrogen-bond acceptors (Lipinski definition) is 6. The highest BCUT2D eigenvalue weighted by atomic mass is 16.6. The first-order chi connectivity index (χ1) is 15.0. The van der Waals surface area contributed by atoms with Crippen molar-refractivity contribution >= 4 is 23.9 Å². The Morgan fingerprint density at radius 2 is 1.68 bits per heavy atom. The van der Waals surface area contributed by atoms with E-state index in [0.29, 0.717) is 0 Å². The lowest BCUT2D eigenvalue weighted by Gasteiger charge is -2.13. The molecule has 0 bridgehead atoms. The highest BCUT2D eigenvalue weighted by molar-refractivity contribution is 5.94. The average molecular weight is 421 g/mol. The number of aromatic nitrogens is 1. The quantitative estimate of drug-likeness (QED) is 0.534. The number of carbonyl (C=O) groups is 3. The fraction of sp³-hybridized carbons (Fsp3) is 0.182. The van der Waals surface area contributed by atoms with Gasteiger partial charge < -0.3 is 19.7 Å². The molecule has 0 unspecified atom stereocenters. The van der Waals surface area contributed by atoms with Crippen LogP contribution in [0.3, 0.4) is 0 Å². The number of rotatable bonds is 7. The summed E-state index contributed by atoms with van der Waals surface area (Å²) in [6.07, 6.45) is -0.954. The molecule has 4 rings (SSSR count). The maximum Gasteiger partial charge on any atom is 0.414 e. The molecule has 1 aromatic heterocycles. The van der Waals surface area contributed by atoms with Gasteiger partial charge in [0.05, 0.1) is 6.42 Å². The summed E-state index contributed by atoms with van der Waals surface area (Å²) in [5.74, 6) is -1.77. The third kappa shape index (κ3) is 4.40. The number of aliphatic carboxylic acids is 1. The van der Waals surface area contributed by atoms with Gasteiger partial charge in [0.15, 0.2) is 5.69 Å². The van der Waals surface area contributed by atoms with Crippen LogP contribution in [0.25, 0.3) is 11.1 Å². The van der Waals surface area contributed by atoms with Crippen molar-refractivity contribution in [2.24, 2.45) is 0 Å². The zero-order valence-corrected chi connectivity index (χ0v) is 16.3. The van der Waals surface area contributed by atoms with Crippen molar-refractivity contribution in [2.45, 2.75) is 12.3 Å². The maximum absolute atomic E-state index is 12.2. The Morgan fingerprint density at radius 1 is 1.03 bits per heavy atom. The van der Waals surface area contributed by atoms with Crippen molar-refractivity contribution in [1.82, 2.24) is 10.5 Å². The van der Waals surface area contributed by atoms with E-state index in [1.165, 1.54) is 6.07 Å². The lowest BCUT2D eigenvalue weighted by atomic mass is 9.98. The van der Waals surface area contributed by atoms with Crippen molar-refractivity contribution in [3.8, 4) is 11.1 Å². The van der Waals surface area contributed by atoms with E-state index in [9.17, 15) is 14.4 Å². The summed E-state index contributed by atoms with van der Waals surface area (Å²) in [5, 5.41) is 16.9. The Labute approximate surface area is 177 Å². The van der Waals surface area contributed by atoms with Crippen molar-refractivity contribution in [3.63, 3.8) is 0 Å². The Hall–Kier alpha value is -4.14. The number of carbonyl (C=O) groups excluding carboxylic acids is 2. The second kappa shape index (κ2) is 8.70. The van der Waals surface area contributed by atoms with Gasteiger partial charge in [-0.25, -0.2) is 4.79 Å². The van der Waals surface area contributed by atoms with Crippen LogP contribution in [0.5, 0.6) is 0 Å². The molecule has 3 N–H and O–H groups in total. The highest BCUT2D eigenvalue weighted by Crippen LogP contribution is 2.44. The second-order valence-electron chi connectivity index (χ2n) is 6.93. The van der Waals surface area contributed by atoms with E-state index in [0.717, 1.165) is 22.3 Å². The van der Waals surface area contributed by atoms with Gasteiger partial charge in [-0.2, -0.15) is 0 Å². The molecule has 3 aromatic rings. The number of carboxylic acids is 1. The lowest BCUT2D eigenvalue weighted by Crippen LogP contribution is -2.26. The largest absolute Gasteiger partial charge is 0.481 e. The summed E-state index contributed by atoms with van der Waals surface area (Å²) in [4.78, 5) is 34.6. The van der Waals surface area contributed by atoms with Crippen LogP contribution in [0.1, 0.15) is 34.0 Å². The topological polar surface area (TPSA) is 131 Å². The van der Waals surface area contributed by atoms with Crippen molar-refractivity contribution < 1.29 is 28.8 Å². The molecule has 0 saturated heterocycles. The average Bonchev–Trinajstić information content (AvgIpc) is 3.35. The van der Waals surface area contributed by atoms with Crippen molar-refractivity contribution in [3.05, 3.63) is 71.4 Å². The zero-order valence-electron chi connectivity index (χ0n) is 16.3. The minimum absolute atomic E-state index is 0.0455. The van der Waals surface area contributed by atoms with Crippen molar-refractivity contribution in [2.75, 3.05) is 18.5 Å². The summed E-state index contributed by atoms with van der Waals surface area (Å²) >= 11 is 0. The summed E-state index contributed by atoms with van der Waals surface area (Å²) in [6, 6.07) is 17.2. The lowest BCUT2D eigenvalue weighted by molar-refractivity contribution is -0.136. The van der Waals surface area contributed by atoms with Crippen LogP contribution < -0.4 is 10.6 Å². The molecule has 158 valence electrons. The highest BCUT2D eigenvalue weighted by Gasteiger charge is 2.29. The number of fused-ring (bicyclic) bond motifs is 3. The molecule has 2 amide bonds. The van der Waals surface area contributed by atoms with Crippen LogP contribution in [0, 0.1) is 0 Å². The number of ether oxygens (including phenoxy) is 1. The van der Waals surface area contributed by atoms with Crippen LogP contribution in [-0.4, -0.2) is 41.4 Å². The second-order valence-corrected chi connectivity index (χ2v) is 6.93. The predicted molar refractivity (Wildman–Crippen MR) is 110 cm³/mol. The van der Waals surface area contributed by atoms with E-state index >= 15 is 0 Å². The van der Waals surface area contributed by atoms with Gasteiger partial charge >= 0.3 is 12.1 Å². The molecule has 0 atom stereocenters. The third-order valence-electron chi connectivity index (χ3n) is 4.94. The number of anilines is 1. The number of benzene rings is 2. The van der Waals surface area contributed by atoms with Crippen LogP contribution in [-0.2, 0) is 9.53 Å². The molecule has 1 aliphatic rings. The third-order valence-corrected chi connectivity index (χ3v) is 4.94. The van der Waals surface area contributed by atoms with Gasteiger partial charge in [-0.05, 0) is 22.3 Å². The van der Waals surface area contributed by atoms with E-state index in [-0.39, 0.29) is 37.1 Å². The molecular weight excluding hydrogens is 402 g/mol. The molecule has 0 radical (unpaired) electrons. The van der Waals surface area contributed by atoms with Gasteiger partial charge in [-0.3, -0.25) is 14.9 Å². The normalized spacial score (nSPS) is 12.0. The molecule has 9 nitrogen and oxygen atoms in total. The van der Waals surface area contributed by atoms with Crippen LogP contribution >= 0.6 is 0 Å². The zero-order chi connectivity index (χ0) is 21.8. The van der Waals surface area contributed by atoms with E-state index in [4.69, 9.17) is 14.4 Å². The Morgan fingerprint density at radius 3 is 2.32 bits per heavy atom. The van der Waals surface area contributed by atoms with Gasteiger partial charge in [-0.15, -0.1) is 0 Å². The van der Waals surface area contributed by atoms with Crippen LogP contribution in [0.15, 0.2) is 59.1 Å². The first kappa shape index (κ1) is 20.1. The van der Waals surface area contributed by atoms with E-state index in [1.54, 1.807) is 0 Å². The summed E-state index contributed by atoms with van der Waals surface area (Å²) in [5.41, 5.74) is 4.36. The SMILES string of the molecule is O=C(O)CCNC(=O)c1cc(NC(=O)OCC2c3ccccc3-c3ccccc32)on1. The molecule has 0 aliphatic heterocycles. The maximum atomic E-state index is 12.2. The smallest absolute Gasteiger partial charge is 0.414 e. The minimum Gasteiger partial charge on any atom is -0.481 e. The number of nitrogens with zero attached hydrogens (tertiary/aromatic N) is 1. The summed E-state index contributed by atoms with van der Waals surface area (Å²) < 4.78 is 10.3. The molecule has 1 heterocycles. The predicted octanol–water partition coefficient (Wildman–Crippen LogP) is 3.24. The van der Waals surface area contributed by atoms with Gasteiger partial charge in [0.1, 0.15) is 6.61 Å². The molecule has 0 saturated carbocycles. The number of amides is 2. The fourth-order valence-electron chi connectivity index (χ4n) is 3.55. The molecule has 9 heteroatoms. The van der Waals surface area contributed by atoms with Crippen LogP contribution in [0.2, 0.25) is 0 Å². The Balaban J connectivity index is 1.35. The fourth-order valence-corrected chi connectivity index (χ4v) is 3.55. The number of nitrogens with one attached hydrogen (secondary N) is 2. The number of hydrogen-bond donors (Lipinski definition) is 3. The van der Waals surface area contributed by atoms with Gasteiger partial charge in [-0.1, -0.05) is 53.7 Å². The first-order valence-corrected chi connectivity index (χ1v) is 9.61. The first-order valence-electron chi connectivity index (χ1n) is 9.61. The summed E-state index contributed by atoms with van der Waals surface area (Å²) in [6.45, 7) is 0.0900. The van der Waals surface area contributed by atoms with E-state index in [1.807, 2.05) is 48.5 Å². The molecule has 1 aliphatic carbocycles. The standard InChI is InChI=1S/C22H19N3O6/c26-20(27)9-10-23-21(28)18-11-19(31-25-18)24-22(29)30-12-17-15-7-3-1-5-13(15)14-6-2-4-8-16(14)17/h1-8,11,17H,9-10,12H2,(H,23,28)(H,24,29)(H,26,27). The molecule has 0 fully saturated rings.